The highest BCUT2D eigenvalue weighted by atomic mass is 35.5. The van der Waals surface area contributed by atoms with E-state index >= 15 is 0 Å². The van der Waals surface area contributed by atoms with Gasteiger partial charge in [0.05, 0.1) is 18.1 Å². The van der Waals surface area contributed by atoms with Crippen molar-refractivity contribution in [3.8, 4) is 0 Å². The lowest BCUT2D eigenvalue weighted by Crippen LogP contribution is -2.42. The van der Waals surface area contributed by atoms with Crippen LogP contribution in [0, 0.1) is 0 Å². The zero-order valence-corrected chi connectivity index (χ0v) is 19.9. The third-order valence-electron chi connectivity index (χ3n) is 5.08. The standard InChI is InChI=1S/C24H30N4O.2ClH/c1-18(2)21-11-9-20(10-12-21)14-27(3)24(29)23(25)13-22-16-28(17-26-22)15-19-7-5-4-6-8-19;;/h4-12,16-18,23H,13-15,25H2,1-3H3;2*1H/t23-;;/m0../s1. The normalized spacial score (nSPS) is 11.4. The van der Waals surface area contributed by atoms with Gasteiger partial charge in [-0.1, -0.05) is 68.4 Å². The van der Waals surface area contributed by atoms with Crippen LogP contribution < -0.4 is 5.73 Å². The monoisotopic (exact) mass is 462 g/mol. The summed E-state index contributed by atoms with van der Waals surface area (Å²) in [5.41, 5.74) is 10.6. The molecule has 0 aliphatic rings. The molecule has 0 bridgehead atoms. The zero-order chi connectivity index (χ0) is 20.8. The molecule has 1 aromatic heterocycles. The molecule has 0 saturated carbocycles. The molecule has 3 aromatic rings. The van der Waals surface area contributed by atoms with E-state index in [9.17, 15) is 4.79 Å². The molecule has 2 N–H and O–H groups in total. The number of nitrogens with zero attached hydrogens (tertiary/aromatic N) is 3. The molecule has 0 radical (unpaired) electrons. The number of benzene rings is 2. The van der Waals surface area contributed by atoms with Crippen molar-refractivity contribution >= 4 is 30.7 Å². The lowest BCUT2D eigenvalue weighted by Gasteiger charge is -2.21. The number of halogens is 2. The third-order valence-corrected chi connectivity index (χ3v) is 5.08. The van der Waals surface area contributed by atoms with Gasteiger partial charge in [-0.25, -0.2) is 4.98 Å². The average Bonchev–Trinajstić information content (AvgIpc) is 3.15. The third kappa shape index (κ3) is 7.69. The smallest absolute Gasteiger partial charge is 0.239 e. The van der Waals surface area contributed by atoms with Crippen molar-refractivity contribution < 1.29 is 4.79 Å². The number of hydrogen-bond donors (Lipinski definition) is 1. The second-order valence-electron chi connectivity index (χ2n) is 7.92. The van der Waals surface area contributed by atoms with Crippen LogP contribution in [0.1, 0.15) is 42.1 Å². The number of likely N-dealkylation sites (N-methyl/N-ethyl adjacent to an activating group) is 1. The van der Waals surface area contributed by atoms with Gasteiger partial charge in [0.25, 0.3) is 0 Å². The van der Waals surface area contributed by atoms with Crippen LogP contribution in [0.5, 0.6) is 0 Å². The molecule has 0 unspecified atom stereocenters. The van der Waals surface area contributed by atoms with Crippen molar-refractivity contribution in [3.05, 3.63) is 89.5 Å². The summed E-state index contributed by atoms with van der Waals surface area (Å²) < 4.78 is 2.02. The minimum Gasteiger partial charge on any atom is -0.340 e. The first-order chi connectivity index (χ1) is 13.9. The maximum atomic E-state index is 12.7. The maximum absolute atomic E-state index is 12.7. The molecule has 2 aromatic carbocycles. The van der Waals surface area contributed by atoms with Crippen molar-refractivity contribution in [1.29, 1.82) is 0 Å². The second-order valence-corrected chi connectivity index (χ2v) is 7.92. The summed E-state index contributed by atoms with van der Waals surface area (Å²) in [6.07, 6.45) is 4.18. The van der Waals surface area contributed by atoms with E-state index in [1.54, 1.807) is 18.3 Å². The van der Waals surface area contributed by atoms with Gasteiger partial charge in [0, 0.05) is 32.8 Å². The number of imidazole rings is 1. The van der Waals surface area contributed by atoms with Crippen LogP contribution in [0.15, 0.2) is 67.1 Å². The van der Waals surface area contributed by atoms with Crippen LogP contribution >= 0.6 is 24.8 Å². The van der Waals surface area contributed by atoms with E-state index in [-0.39, 0.29) is 30.7 Å². The summed E-state index contributed by atoms with van der Waals surface area (Å²) in [6.45, 7) is 5.65. The van der Waals surface area contributed by atoms with Gasteiger partial charge in [-0.2, -0.15) is 0 Å². The first-order valence-electron chi connectivity index (χ1n) is 10.1. The average molecular weight is 463 g/mol. The Bertz CT molecular complexity index is 926. The van der Waals surface area contributed by atoms with Crippen molar-refractivity contribution in [2.24, 2.45) is 5.73 Å². The van der Waals surface area contributed by atoms with E-state index in [4.69, 9.17) is 5.73 Å². The summed E-state index contributed by atoms with van der Waals surface area (Å²) in [5, 5.41) is 0. The molecule has 0 aliphatic heterocycles. The molecule has 31 heavy (non-hydrogen) atoms. The summed E-state index contributed by atoms with van der Waals surface area (Å²) >= 11 is 0. The van der Waals surface area contributed by atoms with Crippen LogP contribution in [0.4, 0.5) is 0 Å². The Labute approximate surface area is 197 Å². The van der Waals surface area contributed by atoms with Crippen molar-refractivity contribution in [1.82, 2.24) is 14.5 Å². The Balaban J connectivity index is 0.00000240. The van der Waals surface area contributed by atoms with E-state index < -0.39 is 6.04 Å². The van der Waals surface area contributed by atoms with E-state index in [0.717, 1.165) is 17.8 Å². The zero-order valence-electron chi connectivity index (χ0n) is 18.3. The SMILES string of the molecule is CC(C)c1ccc(CN(C)C(=O)[C@@H](N)Cc2cn(Cc3ccccc3)cn2)cc1.Cl.Cl. The molecule has 1 atom stereocenters. The largest absolute Gasteiger partial charge is 0.340 e. The fourth-order valence-electron chi connectivity index (χ4n) is 3.35. The number of hydrogen-bond acceptors (Lipinski definition) is 3. The van der Waals surface area contributed by atoms with Crippen LogP contribution in [0.25, 0.3) is 0 Å². The quantitative estimate of drug-likeness (QED) is 0.538. The summed E-state index contributed by atoms with van der Waals surface area (Å²) in [4.78, 5) is 18.8. The minimum absolute atomic E-state index is 0. The van der Waals surface area contributed by atoms with Crippen molar-refractivity contribution in [2.45, 2.75) is 45.3 Å². The van der Waals surface area contributed by atoms with Crippen molar-refractivity contribution in [3.63, 3.8) is 0 Å². The molecule has 5 nitrogen and oxygen atoms in total. The van der Waals surface area contributed by atoms with E-state index in [0.29, 0.717) is 18.9 Å². The topological polar surface area (TPSA) is 64.2 Å². The van der Waals surface area contributed by atoms with Gasteiger partial charge in [-0.15, -0.1) is 24.8 Å². The lowest BCUT2D eigenvalue weighted by molar-refractivity contribution is -0.131. The number of rotatable bonds is 8. The lowest BCUT2D eigenvalue weighted by atomic mass is 10.0. The molecule has 0 spiro atoms. The molecule has 3 rings (SSSR count). The Morgan fingerprint density at radius 2 is 1.68 bits per heavy atom. The van der Waals surface area contributed by atoms with Gasteiger partial charge in [0.2, 0.25) is 5.91 Å². The van der Waals surface area contributed by atoms with Gasteiger partial charge in [0.1, 0.15) is 0 Å². The summed E-state index contributed by atoms with van der Waals surface area (Å²) in [5.74, 6) is 0.425. The van der Waals surface area contributed by atoms with Crippen LogP contribution in [0.3, 0.4) is 0 Å². The number of amides is 1. The van der Waals surface area contributed by atoms with E-state index in [1.165, 1.54) is 11.1 Å². The number of aromatic nitrogens is 2. The first kappa shape index (κ1) is 26.7. The van der Waals surface area contributed by atoms with Gasteiger partial charge in [0.15, 0.2) is 0 Å². The van der Waals surface area contributed by atoms with Gasteiger partial charge in [-0.3, -0.25) is 4.79 Å². The Hall–Kier alpha value is -2.34. The van der Waals surface area contributed by atoms with Gasteiger partial charge < -0.3 is 15.2 Å². The molecule has 0 fully saturated rings. The van der Waals surface area contributed by atoms with Gasteiger partial charge in [-0.05, 0) is 22.6 Å². The Morgan fingerprint density at radius 1 is 1.03 bits per heavy atom. The molecule has 0 saturated heterocycles. The summed E-state index contributed by atoms with van der Waals surface area (Å²) in [7, 11) is 1.80. The van der Waals surface area contributed by atoms with Crippen LogP contribution in [-0.2, 0) is 24.3 Å². The molecule has 1 heterocycles. The number of carbonyl (C=O) groups excluding carboxylic acids is 1. The molecule has 0 aliphatic carbocycles. The fraction of sp³-hybridized carbons (Fsp3) is 0.333. The molecule has 1 amide bonds. The molecule has 168 valence electrons. The van der Waals surface area contributed by atoms with E-state index in [1.807, 2.05) is 29.0 Å². The van der Waals surface area contributed by atoms with Crippen LogP contribution in [-0.4, -0.2) is 33.4 Å². The molecule has 7 heteroatoms. The number of carbonyl (C=O) groups is 1. The number of nitrogens with two attached hydrogens (primary N) is 1. The molecular formula is C24H32Cl2N4O. The second kappa shape index (κ2) is 12.5. The highest BCUT2D eigenvalue weighted by Gasteiger charge is 2.19. The molecular weight excluding hydrogens is 431 g/mol. The van der Waals surface area contributed by atoms with Gasteiger partial charge >= 0.3 is 0 Å². The minimum atomic E-state index is -0.602. The van der Waals surface area contributed by atoms with Crippen molar-refractivity contribution in [2.75, 3.05) is 7.05 Å². The maximum Gasteiger partial charge on any atom is 0.239 e. The highest BCUT2D eigenvalue weighted by molar-refractivity contribution is 5.85. The first-order valence-corrected chi connectivity index (χ1v) is 10.1. The van der Waals surface area contributed by atoms with E-state index in [2.05, 4.69) is 55.2 Å². The fourth-order valence-corrected chi connectivity index (χ4v) is 3.35. The predicted octanol–water partition coefficient (Wildman–Crippen LogP) is 4.43. The van der Waals surface area contributed by atoms with Crippen LogP contribution in [0.2, 0.25) is 0 Å². The summed E-state index contributed by atoms with van der Waals surface area (Å²) in [6, 6.07) is 18.0. The Kier molecular flexibility index (Phi) is 10.8. The Morgan fingerprint density at radius 3 is 2.29 bits per heavy atom. The highest BCUT2D eigenvalue weighted by Crippen LogP contribution is 2.16. The predicted molar refractivity (Wildman–Crippen MR) is 131 cm³/mol.